The van der Waals surface area contributed by atoms with Gasteiger partial charge in [-0.15, -0.1) is 0 Å². The van der Waals surface area contributed by atoms with Gasteiger partial charge in [-0.1, -0.05) is 29.8 Å². The van der Waals surface area contributed by atoms with Gasteiger partial charge < -0.3 is 9.84 Å². The third kappa shape index (κ3) is 6.36. The van der Waals surface area contributed by atoms with Crippen LogP contribution in [-0.4, -0.2) is 42.3 Å². The van der Waals surface area contributed by atoms with Crippen molar-refractivity contribution in [2.45, 2.75) is 32.9 Å². The molecule has 0 aliphatic carbocycles. The SMILES string of the molecule is CCOC(=O)CC(O)CN(C)Cc1ccc(C)cc1. The number of nitrogens with zero attached hydrogens (tertiary/aromatic N) is 1. The lowest BCUT2D eigenvalue weighted by Crippen LogP contribution is -2.30. The van der Waals surface area contributed by atoms with Crippen LogP contribution in [0, 0.1) is 6.92 Å². The molecule has 1 aromatic rings. The molecule has 0 saturated heterocycles. The zero-order chi connectivity index (χ0) is 14.3. The molecule has 4 nitrogen and oxygen atoms in total. The molecule has 0 aliphatic heterocycles. The van der Waals surface area contributed by atoms with Gasteiger partial charge in [0.05, 0.1) is 19.1 Å². The number of likely N-dealkylation sites (N-methyl/N-ethyl adjacent to an activating group) is 1. The Morgan fingerprint density at radius 1 is 1.37 bits per heavy atom. The topological polar surface area (TPSA) is 49.8 Å². The van der Waals surface area contributed by atoms with Gasteiger partial charge in [-0.2, -0.15) is 0 Å². The summed E-state index contributed by atoms with van der Waals surface area (Å²) in [5.41, 5.74) is 2.42. The first-order chi connectivity index (χ1) is 9.01. The van der Waals surface area contributed by atoms with Crippen LogP contribution in [0.1, 0.15) is 24.5 Å². The quantitative estimate of drug-likeness (QED) is 0.763. The average Bonchev–Trinajstić information content (AvgIpc) is 2.32. The van der Waals surface area contributed by atoms with Gasteiger partial charge in [-0.05, 0) is 26.5 Å². The summed E-state index contributed by atoms with van der Waals surface area (Å²) in [6, 6.07) is 8.28. The summed E-state index contributed by atoms with van der Waals surface area (Å²) in [6.07, 6.45) is -0.638. The molecule has 0 heterocycles. The van der Waals surface area contributed by atoms with Crippen LogP contribution < -0.4 is 0 Å². The first-order valence-electron chi connectivity index (χ1n) is 6.59. The van der Waals surface area contributed by atoms with Crippen LogP contribution >= 0.6 is 0 Å². The summed E-state index contributed by atoms with van der Waals surface area (Å²) >= 11 is 0. The highest BCUT2D eigenvalue weighted by molar-refractivity contribution is 5.69. The number of hydrogen-bond donors (Lipinski definition) is 1. The molecule has 1 atom stereocenters. The van der Waals surface area contributed by atoms with E-state index in [0.29, 0.717) is 13.2 Å². The first-order valence-corrected chi connectivity index (χ1v) is 6.59. The van der Waals surface area contributed by atoms with Crippen molar-refractivity contribution in [2.75, 3.05) is 20.2 Å². The zero-order valence-electron chi connectivity index (χ0n) is 11.9. The maximum absolute atomic E-state index is 11.2. The Morgan fingerprint density at radius 3 is 2.58 bits per heavy atom. The maximum Gasteiger partial charge on any atom is 0.308 e. The van der Waals surface area contributed by atoms with Crippen molar-refractivity contribution in [1.82, 2.24) is 4.90 Å². The molecule has 0 bridgehead atoms. The minimum absolute atomic E-state index is 0.0477. The van der Waals surface area contributed by atoms with E-state index in [2.05, 4.69) is 31.2 Å². The lowest BCUT2D eigenvalue weighted by Gasteiger charge is -2.20. The minimum atomic E-state index is -0.686. The molecule has 4 heteroatoms. The predicted molar refractivity (Wildman–Crippen MR) is 74.8 cm³/mol. The fraction of sp³-hybridized carbons (Fsp3) is 0.533. The smallest absolute Gasteiger partial charge is 0.308 e. The molecule has 1 unspecified atom stereocenters. The van der Waals surface area contributed by atoms with Crippen molar-refractivity contribution in [3.05, 3.63) is 35.4 Å². The number of aryl methyl sites for hydroxylation is 1. The summed E-state index contributed by atoms with van der Waals surface area (Å²) in [4.78, 5) is 13.2. The third-order valence-electron chi connectivity index (χ3n) is 2.80. The number of benzene rings is 1. The molecule has 1 rings (SSSR count). The molecule has 0 amide bonds. The molecule has 0 aliphatic rings. The van der Waals surface area contributed by atoms with Crippen LogP contribution in [0.3, 0.4) is 0 Å². The largest absolute Gasteiger partial charge is 0.466 e. The Hall–Kier alpha value is -1.39. The summed E-state index contributed by atoms with van der Waals surface area (Å²) in [5.74, 6) is -0.348. The zero-order valence-corrected chi connectivity index (χ0v) is 11.9. The van der Waals surface area contributed by atoms with Crippen LogP contribution in [-0.2, 0) is 16.1 Å². The number of esters is 1. The van der Waals surface area contributed by atoms with Gasteiger partial charge in [0.15, 0.2) is 0 Å². The van der Waals surface area contributed by atoms with Crippen molar-refractivity contribution in [1.29, 1.82) is 0 Å². The maximum atomic E-state index is 11.2. The van der Waals surface area contributed by atoms with Crippen molar-refractivity contribution in [2.24, 2.45) is 0 Å². The fourth-order valence-electron chi connectivity index (χ4n) is 1.91. The van der Waals surface area contributed by atoms with Crippen LogP contribution in [0.5, 0.6) is 0 Å². The number of carbonyl (C=O) groups excluding carboxylic acids is 1. The molecule has 19 heavy (non-hydrogen) atoms. The molecule has 0 fully saturated rings. The highest BCUT2D eigenvalue weighted by Gasteiger charge is 2.13. The van der Waals surface area contributed by atoms with Crippen molar-refractivity contribution in [3.63, 3.8) is 0 Å². The first kappa shape index (κ1) is 15.7. The lowest BCUT2D eigenvalue weighted by atomic mass is 10.1. The van der Waals surface area contributed by atoms with Gasteiger partial charge >= 0.3 is 5.97 Å². The molecule has 0 radical (unpaired) electrons. The van der Waals surface area contributed by atoms with Crippen molar-refractivity contribution >= 4 is 5.97 Å². The Morgan fingerprint density at radius 2 is 2.00 bits per heavy atom. The molecular weight excluding hydrogens is 242 g/mol. The number of aliphatic hydroxyl groups excluding tert-OH is 1. The standard InChI is InChI=1S/C15H23NO3/c1-4-19-15(18)9-14(17)11-16(3)10-13-7-5-12(2)6-8-13/h5-8,14,17H,4,9-11H2,1-3H3. The van der Waals surface area contributed by atoms with Crippen LogP contribution in [0.15, 0.2) is 24.3 Å². The van der Waals surface area contributed by atoms with E-state index >= 15 is 0 Å². The van der Waals surface area contributed by atoms with E-state index in [9.17, 15) is 9.90 Å². The average molecular weight is 265 g/mol. The minimum Gasteiger partial charge on any atom is -0.466 e. The van der Waals surface area contributed by atoms with Crippen LogP contribution in [0.4, 0.5) is 0 Å². The lowest BCUT2D eigenvalue weighted by molar-refractivity contribution is -0.145. The Kier molecular flexibility index (Phi) is 6.53. The second-order valence-corrected chi connectivity index (χ2v) is 4.85. The molecule has 0 saturated carbocycles. The van der Waals surface area contributed by atoms with Gasteiger partial charge in [0, 0.05) is 13.1 Å². The van der Waals surface area contributed by atoms with E-state index in [1.807, 2.05) is 11.9 Å². The van der Waals surface area contributed by atoms with E-state index < -0.39 is 6.10 Å². The predicted octanol–water partition coefficient (Wildman–Crippen LogP) is 1.74. The van der Waals surface area contributed by atoms with Crippen molar-refractivity contribution < 1.29 is 14.6 Å². The van der Waals surface area contributed by atoms with E-state index in [1.54, 1.807) is 6.92 Å². The van der Waals surface area contributed by atoms with Crippen LogP contribution in [0.25, 0.3) is 0 Å². The Bertz CT molecular complexity index is 389. The van der Waals surface area contributed by atoms with Gasteiger partial charge in [0.1, 0.15) is 0 Å². The van der Waals surface area contributed by atoms with E-state index in [1.165, 1.54) is 11.1 Å². The number of ether oxygens (including phenoxy) is 1. The van der Waals surface area contributed by atoms with Gasteiger partial charge in [-0.3, -0.25) is 9.69 Å². The van der Waals surface area contributed by atoms with E-state index in [4.69, 9.17) is 4.74 Å². The highest BCUT2D eigenvalue weighted by atomic mass is 16.5. The van der Waals surface area contributed by atoms with Gasteiger partial charge in [0.2, 0.25) is 0 Å². The molecule has 1 N–H and O–H groups in total. The normalized spacial score (nSPS) is 12.5. The van der Waals surface area contributed by atoms with Gasteiger partial charge in [-0.25, -0.2) is 0 Å². The molecule has 1 aromatic carbocycles. The summed E-state index contributed by atoms with van der Waals surface area (Å²) in [5, 5.41) is 9.80. The van der Waals surface area contributed by atoms with E-state index in [0.717, 1.165) is 6.54 Å². The monoisotopic (exact) mass is 265 g/mol. The Labute approximate surface area is 115 Å². The number of rotatable bonds is 7. The second kappa shape index (κ2) is 7.92. The molecule has 0 spiro atoms. The number of aliphatic hydroxyl groups is 1. The Balaban J connectivity index is 2.35. The van der Waals surface area contributed by atoms with Gasteiger partial charge in [0.25, 0.3) is 0 Å². The fourth-order valence-corrected chi connectivity index (χ4v) is 1.91. The third-order valence-corrected chi connectivity index (χ3v) is 2.80. The summed E-state index contributed by atoms with van der Waals surface area (Å²) < 4.78 is 4.81. The number of carbonyl (C=O) groups is 1. The van der Waals surface area contributed by atoms with Crippen LogP contribution in [0.2, 0.25) is 0 Å². The summed E-state index contributed by atoms with van der Waals surface area (Å²) in [7, 11) is 1.92. The molecule has 0 aromatic heterocycles. The van der Waals surface area contributed by atoms with E-state index in [-0.39, 0.29) is 12.4 Å². The molecular formula is C15H23NO3. The highest BCUT2D eigenvalue weighted by Crippen LogP contribution is 2.07. The van der Waals surface area contributed by atoms with Crippen molar-refractivity contribution in [3.8, 4) is 0 Å². The molecule has 106 valence electrons. The number of hydrogen-bond acceptors (Lipinski definition) is 4. The second-order valence-electron chi connectivity index (χ2n) is 4.85. The summed E-state index contributed by atoms with van der Waals surface area (Å²) in [6.45, 7) is 5.36.